The summed E-state index contributed by atoms with van der Waals surface area (Å²) in [5.74, 6) is -1.21. The van der Waals surface area contributed by atoms with Crippen LogP contribution in [-0.4, -0.2) is 22.6 Å². The highest BCUT2D eigenvalue weighted by Gasteiger charge is 2.15. The van der Waals surface area contributed by atoms with Crippen LogP contribution in [0.1, 0.15) is 17.4 Å². The van der Waals surface area contributed by atoms with Crippen molar-refractivity contribution in [2.24, 2.45) is 0 Å². The number of pyridine rings is 1. The average molecular weight is 275 g/mol. The molecule has 0 aliphatic heterocycles. The van der Waals surface area contributed by atoms with Gasteiger partial charge < -0.3 is 15.7 Å². The molecular formula is C14H14FN3O2. The molecule has 0 amide bonds. The molecule has 0 saturated carbocycles. The van der Waals surface area contributed by atoms with Gasteiger partial charge in [-0.05, 0) is 37.3 Å². The van der Waals surface area contributed by atoms with E-state index in [0.717, 1.165) is 0 Å². The van der Waals surface area contributed by atoms with Crippen molar-refractivity contribution >= 4 is 23.2 Å². The summed E-state index contributed by atoms with van der Waals surface area (Å²) in [6.45, 7) is 2.32. The number of carboxylic acids is 1. The molecule has 0 radical (unpaired) electrons. The Labute approximate surface area is 115 Å². The number of benzene rings is 1. The molecule has 0 saturated heterocycles. The highest BCUT2D eigenvalue weighted by atomic mass is 19.1. The Hall–Kier alpha value is -2.63. The summed E-state index contributed by atoms with van der Waals surface area (Å²) >= 11 is 0. The lowest BCUT2D eigenvalue weighted by atomic mass is 10.2. The number of nitrogens with zero attached hydrogens (tertiary/aromatic N) is 2. The Morgan fingerprint density at radius 1 is 1.40 bits per heavy atom. The largest absolute Gasteiger partial charge is 0.477 e. The minimum atomic E-state index is -1.14. The lowest BCUT2D eigenvalue weighted by Crippen LogP contribution is -2.20. The third-order valence-corrected chi connectivity index (χ3v) is 2.82. The van der Waals surface area contributed by atoms with Gasteiger partial charge in [0, 0.05) is 12.2 Å². The first-order valence-corrected chi connectivity index (χ1v) is 6.06. The Bertz CT molecular complexity index is 646. The van der Waals surface area contributed by atoms with Gasteiger partial charge in [-0.3, -0.25) is 0 Å². The molecule has 0 bridgehead atoms. The molecule has 0 fully saturated rings. The van der Waals surface area contributed by atoms with Gasteiger partial charge in [0.1, 0.15) is 5.82 Å². The number of nitrogen functional groups attached to an aromatic ring is 1. The normalized spacial score (nSPS) is 10.3. The minimum Gasteiger partial charge on any atom is -0.477 e. The van der Waals surface area contributed by atoms with E-state index >= 15 is 0 Å². The number of aromatic nitrogens is 1. The molecule has 0 spiro atoms. The van der Waals surface area contributed by atoms with E-state index in [9.17, 15) is 9.18 Å². The minimum absolute atomic E-state index is 0.107. The molecule has 2 aromatic rings. The number of hydrogen-bond donors (Lipinski definition) is 2. The van der Waals surface area contributed by atoms with Gasteiger partial charge in [0.15, 0.2) is 11.5 Å². The van der Waals surface area contributed by atoms with Gasteiger partial charge in [0.2, 0.25) is 0 Å². The Balaban J connectivity index is 2.51. The maximum Gasteiger partial charge on any atom is 0.354 e. The second-order valence-corrected chi connectivity index (χ2v) is 4.14. The average Bonchev–Trinajstić information content (AvgIpc) is 2.41. The van der Waals surface area contributed by atoms with Crippen LogP contribution in [0, 0.1) is 5.82 Å². The highest BCUT2D eigenvalue weighted by molar-refractivity contribution is 5.87. The number of rotatable bonds is 4. The molecule has 1 aromatic heterocycles. The Kier molecular flexibility index (Phi) is 3.84. The molecule has 0 aliphatic carbocycles. The van der Waals surface area contributed by atoms with Crippen molar-refractivity contribution in [3.05, 3.63) is 47.9 Å². The van der Waals surface area contributed by atoms with E-state index in [1.165, 1.54) is 24.3 Å². The van der Waals surface area contributed by atoms with Crippen LogP contribution in [0.3, 0.4) is 0 Å². The molecule has 0 atom stereocenters. The first-order chi connectivity index (χ1) is 9.52. The van der Waals surface area contributed by atoms with Crippen molar-refractivity contribution < 1.29 is 14.3 Å². The number of halogens is 1. The smallest absolute Gasteiger partial charge is 0.354 e. The lowest BCUT2D eigenvalue weighted by Gasteiger charge is -2.23. The molecule has 104 valence electrons. The first kappa shape index (κ1) is 13.8. The predicted molar refractivity (Wildman–Crippen MR) is 74.7 cm³/mol. The fourth-order valence-electron chi connectivity index (χ4n) is 1.89. The number of carboxylic acid groups (broad SMARTS) is 1. The zero-order chi connectivity index (χ0) is 14.7. The molecule has 6 heteroatoms. The highest BCUT2D eigenvalue weighted by Crippen LogP contribution is 2.28. The van der Waals surface area contributed by atoms with Crippen molar-refractivity contribution in [3.8, 4) is 0 Å². The van der Waals surface area contributed by atoms with E-state index < -0.39 is 5.97 Å². The van der Waals surface area contributed by atoms with Crippen LogP contribution in [-0.2, 0) is 0 Å². The van der Waals surface area contributed by atoms with Crippen LogP contribution in [0.25, 0.3) is 0 Å². The number of anilines is 3. The van der Waals surface area contributed by atoms with Crippen LogP contribution >= 0.6 is 0 Å². The lowest BCUT2D eigenvalue weighted by molar-refractivity contribution is 0.0690. The number of hydrogen-bond acceptors (Lipinski definition) is 4. The van der Waals surface area contributed by atoms with Crippen molar-refractivity contribution in [2.45, 2.75) is 6.92 Å². The molecule has 5 nitrogen and oxygen atoms in total. The summed E-state index contributed by atoms with van der Waals surface area (Å²) in [6, 6.07) is 8.78. The first-order valence-electron chi connectivity index (χ1n) is 6.06. The monoisotopic (exact) mass is 275 g/mol. The van der Waals surface area contributed by atoms with Gasteiger partial charge in [0.25, 0.3) is 0 Å². The summed E-state index contributed by atoms with van der Waals surface area (Å²) < 4.78 is 13.3. The van der Waals surface area contributed by atoms with Crippen LogP contribution in [0.2, 0.25) is 0 Å². The van der Waals surface area contributed by atoms with Crippen LogP contribution < -0.4 is 10.6 Å². The van der Waals surface area contributed by atoms with E-state index in [4.69, 9.17) is 10.8 Å². The van der Waals surface area contributed by atoms with E-state index in [1.54, 1.807) is 17.0 Å². The fraction of sp³-hybridized carbons (Fsp3) is 0.143. The molecular weight excluding hydrogens is 261 g/mol. The second-order valence-electron chi connectivity index (χ2n) is 4.14. The number of aromatic carboxylic acids is 1. The number of nitrogens with two attached hydrogens (primary N) is 1. The third kappa shape index (κ3) is 2.69. The molecule has 3 N–H and O–H groups in total. The van der Waals surface area contributed by atoms with Crippen molar-refractivity contribution in [1.29, 1.82) is 0 Å². The van der Waals surface area contributed by atoms with Gasteiger partial charge >= 0.3 is 5.97 Å². The molecule has 0 unspecified atom stereocenters. The molecule has 1 heterocycles. The van der Waals surface area contributed by atoms with Gasteiger partial charge in [-0.2, -0.15) is 0 Å². The van der Waals surface area contributed by atoms with Crippen molar-refractivity contribution in [3.63, 3.8) is 0 Å². The SMILES string of the molecule is CCN(c1cccc(F)c1)c1nc(C(=O)O)ccc1N. The molecule has 1 aromatic carbocycles. The fourth-order valence-corrected chi connectivity index (χ4v) is 1.89. The standard InChI is InChI=1S/C14H14FN3O2/c1-2-18(10-5-3-4-9(15)8-10)13-11(16)6-7-12(17-13)14(19)20/h3-8H,2,16H2,1H3,(H,19,20). The molecule has 2 rings (SSSR count). The third-order valence-electron chi connectivity index (χ3n) is 2.82. The summed E-state index contributed by atoms with van der Waals surface area (Å²) in [6.07, 6.45) is 0. The molecule has 0 aliphatic rings. The summed E-state index contributed by atoms with van der Waals surface area (Å²) in [5, 5.41) is 8.99. The van der Waals surface area contributed by atoms with E-state index in [-0.39, 0.29) is 11.5 Å². The summed E-state index contributed by atoms with van der Waals surface area (Å²) in [7, 11) is 0. The van der Waals surface area contributed by atoms with Gasteiger partial charge in [-0.25, -0.2) is 14.2 Å². The summed E-state index contributed by atoms with van der Waals surface area (Å²) in [4.78, 5) is 16.7. The Morgan fingerprint density at radius 3 is 2.75 bits per heavy atom. The van der Waals surface area contributed by atoms with Crippen LogP contribution in [0.5, 0.6) is 0 Å². The zero-order valence-corrected chi connectivity index (χ0v) is 10.9. The van der Waals surface area contributed by atoms with E-state index in [2.05, 4.69) is 4.98 Å². The topological polar surface area (TPSA) is 79.5 Å². The van der Waals surface area contributed by atoms with Gasteiger partial charge in [-0.1, -0.05) is 6.07 Å². The van der Waals surface area contributed by atoms with E-state index in [1.807, 2.05) is 6.92 Å². The Morgan fingerprint density at radius 2 is 2.15 bits per heavy atom. The quantitative estimate of drug-likeness (QED) is 0.896. The maximum absolute atomic E-state index is 13.3. The summed E-state index contributed by atoms with van der Waals surface area (Å²) in [5.41, 5.74) is 6.64. The second kappa shape index (κ2) is 5.56. The van der Waals surface area contributed by atoms with Gasteiger partial charge in [-0.15, -0.1) is 0 Å². The van der Waals surface area contributed by atoms with Crippen LogP contribution in [0.4, 0.5) is 21.6 Å². The molecule has 20 heavy (non-hydrogen) atoms. The van der Waals surface area contributed by atoms with Crippen LogP contribution in [0.15, 0.2) is 36.4 Å². The van der Waals surface area contributed by atoms with E-state index in [0.29, 0.717) is 23.7 Å². The van der Waals surface area contributed by atoms with Gasteiger partial charge in [0.05, 0.1) is 5.69 Å². The zero-order valence-electron chi connectivity index (χ0n) is 10.9. The number of carbonyl (C=O) groups is 1. The van der Waals surface area contributed by atoms with Crippen molar-refractivity contribution in [2.75, 3.05) is 17.2 Å². The maximum atomic E-state index is 13.3. The predicted octanol–water partition coefficient (Wildman–Crippen LogP) is 2.66. The van der Waals surface area contributed by atoms with Crippen molar-refractivity contribution in [1.82, 2.24) is 4.98 Å².